The summed E-state index contributed by atoms with van der Waals surface area (Å²) in [4.78, 5) is 26.3. The van der Waals surface area contributed by atoms with Crippen molar-refractivity contribution in [3.05, 3.63) is 92.4 Å². The number of carbonyl (C=O) groups is 1. The summed E-state index contributed by atoms with van der Waals surface area (Å²) in [6.45, 7) is 9.19. The Morgan fingerprint density at radius 3 is 1.96 bits per heavy atom. The molecule has 292 valence electrons. The van der Waals surface area contributed by atoms with E-state index in [0.717, 1.165) is 24.0 Å². The smallest absolute Gasteiger partial charge is 0.326 e. The number of aliphatic imine (C=N–C) groups is 1. The van der Waals surface area contributed by atoms with Crippen LogP contribution in [0.4, 0.5) is 4.79 Å². The van der Waals surface area contributed by atoms with E-state index in [1.54, 1.807) is 34.1 Å². The van der Waals surface area contributed by atoms with Gasteiger partial charge < -0.3 is 9.64 Å². The summed E-state index contributed by atoms with van der Waals surface area (Å²) >= 11 is 19.6. The number of piperazine rings is 1. The van der Waals surface area contributed by atoms with Crippen LogP contribution in [-0.2, 0) is 30.9 Å². The lowest BCUT2D eigenvalue weighted by atomic mass is 9.71. The molecule has 3 aliphatic heterocycles. The van der Waals surface area contributed by atoms with Crippen LogP contribution in [0.15, 0.2) is 70.6 Å². The largest absolute Gasteiger partial charge is 0.493 e. The molecule has 54 heavy (non-hydrogen) atoms. The van der Waals surface area contributed by atoms with E-state index in [2.05, 4.69) is 4.90 Å². The van der Waals surface area contributed by atoms with E-state index in [0.29, 0.717) is 67.8 Å². The first-order valence-electron chi connectivity index (χ1n) is 18.1. The molecular weight excluding hydrogens is 793 g/mol. The van der Waals surface area contributed by atoms with Gasteiger partial charge in [-0.2, -0.15) is 4.31 Å². The van der Waals surface area contributed by atoms with Gasteiger partial charge in [0.15, 0.2) is 0 Å². The number of amides is 2. The van der Waals surface area contributed by atoms with Gasteiger partial charge in [0.1, 0.15) is 37.4 Å². The summed E-state index contributed by atoms with van der Waals surface area (Å²) in [6, 6.07) is 17.3. The van der Waals surface area contributed by atoms with Crippen LogP contribution in [0.25, 0.3) is 0 Å². The molecule has 0 bridgehead atoms. The molecule has 3 aliphatic rings. The van der Waals surface area contributed by atoms with Crippen molar-refractivity contribution in [1.29, 1.82) is 0 Å². The fourth-order valence-electron chi connectivity index (χ4n) is 7.67. The quantitative estimate of drug-likeness (QED) is 0.206. The molecule has 16 heteroatoms. The predicted octanol–water partition coefficient (Wildman–Crippen LogP) is 6.90. The van der Waals surface area contributed by atoms with Crippen LogP contribution in [0.2, 0.25) is 15.1 Å². The highest BCUT2D eigenvalue weighted by Gasteiger charge is 2.60. The van der Waals surface area contributed by atoms with Crippen LogP contribution in [0.3, 0.4) is 0 Å². The maximum atomic E-state index is 15.3. The second-order valence-electron chi connectivity index (χ2n) is 14.3. The third kappa shape index (κ3) is 7.87. The van der Waals surface area contributed by atoms with Gasteiger partial charge in [-0.15, -0.1) is 0 Å². The molecular formula is C38H46Cl3N5O6S2. The minimum Gasteiger partial charge on any atom is -0.493 e. The van der Waals surface area contributed by atoms with Crippen molar-refractivity contribution >= 4 is 66.5 Å². The Labute approximate surface area is 333 Å². The molecule has 0 radical (unpaired) electrons. The molecule has 11 nitrogen and oxygen atoms in total. The van der Waals surface area contributed by atoms with Crippen LogP contribution in [0.5, 0.6) is 5.75 Å². The normalized spacial score (nSPS) is 22.8. The zero-order valence-electron chi connectivity index (χ0n) is 30.9. The number of sulfonamides is 1. The van der Waals surface area contributed by atoms with E-state index in [-0.39, 0.29) is 39.9 Å². The van der Waals surface area contributed by atoms with E-state index in [1.165, 1.54) is 22.7 Å². The highest BCUT2D eigenvalue weighted by Crippen LogP contribution is 2.54. The fraction of sp³-hybridized carbons (Fsp3) is 0.474. The Kier molecular flexibility index (Phi) is 12.0. The third-order valence-electron chi connectivity index (χ3n) is 10.8. The lowest BCUT2D eigenvalue weighted by Gasteiger charge is -2.47. The van der Waals surface area contributed by atoms with Crippen LogP contribution >= 0.6 is 34.8 Å². The SMILES string of the molecule is CCOc1cc(Cl)c(S(=O)(=O)N2CCCC2)cc1C1=N[C@@](C)(c2ccc(Cl)cc2)[C@@](C)(c2ccc(Cl)cc2)N1C(=O)N1CCN(CCCS(C)(=O)=O)CC1. The summed E-state index contributed by atoms with van der Waals surface area (Å²) in [5, 5.41) is 1.07. The average Bonchev–Trinajstić information content (AvgIpc) is 3.75. The van der Waals surface area contributed by atoms with Crippen LogP contribution in [0.1, 0.15) is 56.7 Å². The predicted molar refractivity (Wildman–Crippen MR) is 214 cm³/mol. The molecule has 3 heterocycles. The van der Waals surface area contributed by atoms with Crippen molar-refractivity contribution < 1.29 is 26.4 Å². The second-order valence-corrected chi connectivity index (χ2v) is 19.8. The van der Waals surface area contributed by atoms with Gasteiger partial charge in [-0.05, 0) is 88.0 Å². The summed E-state index contributed by atoms with van der Waals surface area (Å²) < 4.78 is 59.2. The summed E-state index contributed by atoms with van der Waals surface area (Å²) in [6.07, 6.45) is 3.24. The fourth-order valence-corrected chi connectivity index (χ4v) is 10.6. The molecule has 2 amide bonds. The number of urea groups is 1. The average molecular weight is 839 g/mol. The van der Waals surface area contributed by atoms with Gasteiger partial charge in [0.25, 0.3) is 0 Å². The molecule has 6 rings (SSSR count). The number of benzene rings is 3. The molecule has 0 aromatic heterocycles. The van der Waals surface area contributed by atoms with E-state index in [1.807, 2.05) is 45.0 Å². The lowest BCUT2D eigenvalue weighted by Crippen LogP contribution is -2.60. The molecule has 2 atom stereocenters. The van der Waals surface area contributed by atoms with Crippen LogP contribution < -0.4 is 4.74 Å². The van der Waals surface area contributed by atoms with Crippen molar-refractivity contribution in [1.82, 2.24) is 19.0 Å². The highest BCUT2D eigenvalue weighted by molar-refractivity contribution is 7.90. The Bertz CT molecular complexity index is 2120. The molecule has 0 saturated carbocycles. The first-order chi connectivity index (χ1) is 25.5. The van der Waals surface area contributed by atoms with E-state index < -0.39 is 30.9 Å². The molecule has 3 aromatic rings. The maximum absolute atomic E-state index is 15.3. The molecule has 2 fully saturated rings. The van der Waals surface area contributed by atoms with E-state index in [4.69, 9.17) is 44.5 Å². The minimum absolute atomic E-state index is 0.0125. The third-order valence-corrected chi connectivity index (χ3v) is 14.7. The van der Waals surface area contributed by atoms with Crippen molar-refractivity contribution in [3.63, 3.8) is 0 Å². The van der Waals surface area contributed by atoms with Crippen LogP contribution in [-0.4, -0.2) is 112 Å². The van der Waals surface area contributed by atoms with Gasteiger partial charge in [-0.1, -0.05) is 59.1 Å². The monoisotopic (exact) mass is 837 g/mol. The molecule has 0 N–H and O–H groups in total. The minimum atomic E-state index is -4.00. The van der Waals surface area contributed by atoms with Gasteiger partial charge in [-0.3, -0.25) is 14.8 Å². The van der Waals surface area contributed by atoms with Gasteiger partial charge in [-0.25, -0.2) is 21.6 Å². The first kappa shape index (κ1) is 40.7. The molecule has 2 saturated heterocycles. The molecule has 0 aliphatic carbocycles. The number of carbonyl (C=O) groups excluding carboxylic acids is 1. The van der Waals surface area contributed by atoms with Gasteiger partial charge in [0.2, 0.25) is 10.0 Å². The van der Waals surface area contributed by atoms with Crippen molar-refractivity contribution in [2.45, 2.75) is 56.0 Å². The van der Waals surface area contributed by atoms with Gasteiger partial charge in [0, 0.05) is 61.6 Å². The number of halogens is 3. The maximum Gasteiger partial charge on any atom is 0.326 e. The topological polar surface area (TPSA) is 120 Å². The van der Waals surface area contributed by atoms with Crippen molar-refractivity contribution in [3.8, 4) is 5.75 Å². The lowest BCUT2D eigenvalue weighted by molar-refractivity contribution is 0.0868. The van der Waals surface area contributed by atoms with E-state index >= 15 is 4.79 Å². The summed E-state index contributed by atoms with van der Waals surface area (Å²) in [5.41, 5.74) is -0.537. The summed E-state index contributed by atoms with van der Waals surface area (Å²) in [5.74, 6) is 0.610. The Balaban J connectivity index is 1.53. The Morgan fingerprint density at radius 2 is 1.41 bits per heavy atom. The first-order valence-corrected chi connectivity index (χ1v) is 22.7. The number of hydrogen-bond donors (Lipinski definition) is 0. The number of rotatable bonds is 11. The van der Waals surface area contributed by atoms with Crippen LogP contribution in [0, 0.1) is 0 Å². The highest BCUT2D eigenvalue weighted by atomic mass is 35.5. The number of amidine groups is 1. The Morgan fingerprint density at radius 1 is 0.833 bits per heavy atom. The van der Waals surface area contributed by atoms with Gasteiger partial charge >= 0.3 is 6.03 Å². The molecule has 0 unspecified atom stereocenters. The standard InChI is InChI=1S/C38H46Cl3N5O6S2/c1-5-52-33-26-32(41)34(54(50,51)45-18-6-7-19-45)25-31(33)35-42-37(2,27-9-13-29(39)14-10-27)38(3,28-11-15-30(40)16-12-28)46(35)36(47)44-22-20-43(21-23-44)17-8-24-53(4,48)49/h9-16,25-26H,5-8,17-24H2,1-4H3/t37-,38+/m0/s1. The summed E-state index contributed by atoms with van der Waals surface area (Å²) in [7, 11) is -7.09. The Hall–Kier alpha value is -2.91. The second kappa shape index (κ2) is 15.9. The molecule has 3 aromatic carbocycles. The van der Waals surface area contributed by atoms with E-state index in [9.17, 15) is 16.8 Å². The number of sulfone groups is 1. The number of hydrogen-bond acceptors (Lipinski definition) is 8. The zero-order chi connectivity index (χ0) is 39.1. The molecule has 0 spiro atoms. The number of ether oxygens (including phenoxy) is 1. The van der Waals surface area contributed by atoms with Crippen molar-refractivity contribution in [2.24, 2.45) is 4.99 Å². The zero-order valence-corrected chi connectivity index (χ0v) is 34.8. The van der Waals surface area contributed by atoms with Crippen molar-refractivity contribution in [2.75, 3.05) is 64.4 Å². The van der Waals surface area contributed by atoms with Gasteiger partial charge in [0.05, 0.1) is 22.9 Å². The number of nitrogens with zero attached hydrogens (tertiary/aromatic N) is 5.